The molecular weight excluding hydrogens is 514 g/mol. The first-order valence-electron chi connectivity index (χ1n) is 13.0. The number of furan rings is 1. The maximum Gasteiger partial charge on any atom is 0.290 e. The summed E-state index contributed by atoms with van der Waals surface area (Å²) in [4.78, 5) is 34.2. The number of amides is 2. The van der Waals surface area contributed by atoms with Crippen LogP contribution in [0.3, 0.4) is 0 Å². The number of fused-ring (bicyclic) bond motifs is 1. The van der Waals surface area contributed by atoms with Gasteiger partial charge in [0.15, 0.2) is 18.1 Å². The van der Waals surface area contributed by atoms with Gasteiger partial charge < -0.3 is 23.4 Å². The highest BCUT2D eigenvalue weighted by Crippen LogP contribution is 2.38. The lowest BCUT2D eigenvalue weighted by Gasteiger charge is -2.37. The van der Waals surface area contributed by atoms with Crippen molar-refractivity contribution < 1.29 is 23.2 Å². The molecule has 9 heteroatoms. The van der Waals surface area contributed by atoms with E-state index in [0.29, 0.717) is 29.6 Å². The lowest BCUT2D eigenvalue weighted by Crippen LogP contribution is -2.40. The second-order valence-corrected chi connectivity index (χ2v) is 10.9. The van der Waals surface area contributed by atoms with E-state index in [4.69, 9.17) is 13.6 Å². The quantitative estimate of drug-likeness (QED) is 0.333. The van der Waals surface area contributed by atoms with Crippen LogP contribution in [0.4, 0.5) is 0 Å². The van der Waals surface area contributed by atoms with Gasteiger partial charge in [0.25, 0.3) is 11.8 Å². The Kier molecular flexibility index (Phi) is 7.15. The van der Waals surface area contributed by atoms with Gasteiger partial charge in [0, 0.05) is 31.1 Å². The molecule has 2 amide bonds. The van der Waals surface area contributed by atoms with Gasteiger partial charge in [-0.1, -0.05) is 35.9 Å². The third-order valence-corrected chi connectivity index (χ3v) is 8.07. The Bertz CT molecular complexity index is 1480. The van der Waals surface area contributed by atoms with E-state index in [1.54, 1.807) is 12.1 Å². The molecule has 8 nitrogen and oxygen atoms in total. The number of carbonyl (C=O) groups excluding carboxylic acids is 2. The molecular formula is C30H29N3O5S. The molecule has 2 aromatic carbocycles. The van der Waals surface area contributed by atoms with Crippen LogP contribution in [0.1, 0.15) is 55.2 Å². The van der Waals surface area contributed by atoms with E-state index in [-0.39, 0.29) is 24.5 Å². The summed E-state index contributed by atoms with van der Waals surface area (Å²) < 4.78 is 17.1. The molecule has 39 heavy (non-hydrogen) atoms. The van der Waals surface area contributed by atoms with Crippen LogP contribution in [-0.4, -0.2) is 57.7 Å². The Labute approximate surface area is 230 Å². The molecule has 0 aliphatic carbocycles. The van der Waals surface area contributed by atoms with Crippen LogP contribution >= 0.6 is 11.8 Å². The predicted octanol–water partition coefficient (Wildman–Crippen LogP) is 5.13. The van der Waals surface area contributed by atoms with Gasteiger partial charge in [-0.05, 0) is 54.3 Å². The maximum atomic E-state index is 13.5. The zero-order valence-corrected chi connectivity index (χ0v) is 22.5. The summed E-state index contributed by atoms with van der Waals surface area (Å²) in [6, 6.07) is 17.3. The van der Waals surface area contributed by atoms with Crippen LogP contribution in [0.5, 0.6) is 5.75 Å². The minimum atomic E-state index is -0.288. The zero-order valence-electron chi connectivity index (χ0n) is 21.7. The number of carbonyl (C=O) groups is 2. The molecule has 0 saturated carbocycles. The van der Waals surface area contributed by atoms with Crippen LogP contribution in [0.15, 0.2) is 76.0 Å². The summed E-state index contributed by atoms with van der Waals surface area (Å²) in [5.74, 6) is 2.91. The van der Waals surface area contributed by atoms with Gasteiger partial charge in [-0.15, -0.1) is 0 Å². The van der Waals surface area contributed by atoms with Crippen molar-refractivity contribution in [2.24, 2.45) is 0 Å². The van der Waals surface area contributed by atoms with E-state index in [0.717, 1.165) is 47.7 Å². The number of aromatic nitrogens is 1. The van der Waals surface area contributed by atoms with Crippen molar-refractivity contribution in [2.45, 2.75) is 26.0 Å². The predicted molar refractivity (Wildman–Crippen MR) is 147 cm³/mol. The Morgan fingerprint density at radius 3 is 2.69 bits per heavy atom. The molecule has 2 aliphatic heterocycles. The van der Waals surface area contributed by atoms with Crippen molar-refractivity contribution in [3.63, 3.8) is 0 Å². The lowest BCUT2D eigenvalue weighted by atomic mass is 9.87. The topological polar surface area (TPSA) is 89.0 Å². The van der Waals surface area contributed by atoms with Gasteiger partial charge in [-0.3, -0.25) is 9.59 Å². The molecule has 0 bridgehead atoms. The number of thioether (sulfide) groups is 1. The summed E-state index contributed by atoms with van der Waals surface area (Å²) in [6.45, 7) is 4.16. The third kappa shape index (κ3) is 5.31. The number of ether oxygens (including phenoxy) is 1. The molecule has 1 atom stereocenters. The molecule has 6 rings (SSSR count). The summed E-state index contributed by atoms with van der Waals surface area (Å²) >= 11 is 1.85. The number of hydrogen-bond donors (Lipinski definition) is 0. The molecule has 0 radical (unpaired) electrons. The van der Waals surface area contributed by atoms with Crippen LogP contribution in [-0.2, 0) is 13.0 Å². The van der Waals surface area contributed by atoms with Crippen molar-refractivity contribution in [3.8, 4) is 5.75 Å². The van der Waals surface area contributed by atoms with Crippen LogP contribution in [0, 0.1) is 6.92 Å². The number of nitrogens with zero attached hydrogens (tertiary/aromatic N) is 3. The van der Waals surface area contributed by atoms with E-state index < -0.39 is 0 Å². The summed E-state index contributed by atoms with van der Waals surface area (Å²) in [5, 5.41) is 0. The fourth-order valence-corrected chi connectivity index (χ4v) is 6.10. The number of benzene rings is 2. The minimum Gasteiger partial charge on any atom is -0.484 e. The van der Waals surface area contributed by atoms with E-state index in [1.165, 1.54) is 18.1 Å². The second-order valence-electron chi connectivity index (χ2n) is 9.72. The van der Waals surface area contributed by atoms with E-state index in [1.807, 2.05) is 52.8 Å². The lowest BCUT2D eigenvalue weighted by molar-refractivity contribution is 0.0661. The SMILES string of the molecule is Cc1cccc(C2c3cc(OCc4nc(C(=O)N5CCSCC5)co4)ccc3CCN2C(=O)c2ccco2)c1. The average molecular weight is 544 g/mol. The van der Waals surface area contributed by atoms with Crippen molar-refractivity contribution in [2.75, 3.05) is 31.1 Å². The highest BCUT2D eigenvalue weighted by molar-refractivity contribution is 7.99. The fourth-order valence-electron chi connectivity index (χ4n) is 5.19. The van der Waals surface area contributed by atoms with Crippen LogP contribution < -0.4 is 4.74 Å². The minimum absolute atomic E-state index is 0.0894. The summed E-state index contributed by atoms with van der Waals surface area (Å²) in [7, 11) is 0. The van der Waals surface area contributed by atoms with Gasteiger partial charge in [0.1, 0.15) is 12.0 Å². The number of rotatable bonds is 6. The first kappa shape index (κ1) is 25.3. The molecule has 1 fully saturated rings. The molecule has 2 aromatic heterocycles. The Morgan fingerprint density at radius 2 is 1.90 bits per heavy atom. The highest BCUT2D eigenvalue weighted by Gasteiger charge is 2.34. The Hall–Kier alpha value is -3.98. The first-order valence-corrected chi connectivity index (χ1v) is 14.2. The third-order valence-electron chi connectivity index (χ3n) is 7.13. The molecule has 200 valence electrons. The van der Waals surface area contributed by atoms with Gasteiger partial charge in [0.2, 0.25) is 5.89 Å². The molecule has 0 spiro atoms. The average Bonchev–Trinajstić information content (AvgIpc) is 3.68. The standard InChI is InChI=1S/C30H29N3O5S/c1-20-4-2-5-22(16-20)28-24-17-23(8-7-21(24)9-10-33(28)30(35)26-6-3-13-36-26)37-19-27-31-25(18-38-27)29(34)32-11-14-39-15-12-32/h2-8,13,16-18,28H,9-12,14-15,19H2,1H3. The smallest absolute Gasteiger partial charge is 0.290 e. The van der Waals surface area contributed by atoms with E-state index in [2.05, 4.69) is 23.2 Å². The number of oxazole rings is 1. The largest absolute Gasteiger partial charge is 0.484 e. The Morgan fingerprint density at radius 1 is 1.03 bits per heavy atom. The molecule has 1 saturated heterocycles. The molecule has 4 heterocycles. The normalized spacial score (nSPS) is 17.1. The molecule has 4 aromatic rings. The number of aryl methyl sites for hydroxylation is 1. The van der Waals surface area contributed by atoms with Crippen molar-refractivity contribution >= 4 is 23.6 Å². The van der Waals surface area contributed by atoms with Crippen LogP contribution in [0.2, 0.25) is 0 Å². The Balaban J connectivity index is 1.24. The highest BCUT2D eigenvalue weighted by atomic mass is 32.2. The van der Waals surface area contributed by atoms with E-state index >= 15 is 0 Å². The van der Waals surface area contributed by atoms with Gasteiger partial charge in [-0.2, -0.15) is 11.8 Å². The number of hydrogen-bond acceptors (Lipinski definition) is 7. The van der Waals surface area contributed by atoms with E-state index in [9.17, 15) is 9.59 Å². The monoisotopic (exact) mass is 543 g/mol. The summed E-state index contributed by atoms with van der Waals surface area (Å²) in [5.41, 5.74) is 4.63. The molecule has 1 unspecified atom stereocenters. The van der Waals surface area contributed by atoms with Crippen molar-refractivity contribution in [1.29, 1.82) is 0 Å². The van der Waals surface area contributed by atoms with Crippen LogP contribution in [0.25, 0.3) is 0 Å². The molecule has 2 aliphatic rings. The fraction of sp³-hybridized carbons (Fsp3) is 0.300. The summed E-state index contributed by atoms with van der Waals surface area (Å²) in [6.07, 6.45) is 3.65. The van der Waals surface area contributed by atoms with Crippen molar-refractivity contribution in [1.82, 2.24) is 14.8 Å². The maximum absolute atomic E-state index is 13.5. The molecule has 0 N–H and O–H groups in total. The van der Waals surface area contributed by atoms with Crippen molar-refractivity contribution in [3.05, 3.63) is 107 Å². The van der Waals surface area contributed by atoms with Gasteiger partial charge >= 0.3 is 0 Å². The second kappa shape index (κ2) is 11.0. The first-order chi connectivity index (χ1) is 19.1. The van der Waals surface area contributed by atoms with Gasteiger partial charge in [0.05, 0.1) is 12.3 Å². The zero-order chi connectivity index (χ0) is 26.8. The van der Waals surface area contributed by atoms with Gasteiger partial charge in [-0.25, -0.2) is 4.98 Å².